The molecule has 1 aromatic heterocycles. The third kappa shape index (κ3) is 3.38. The van der Waals surface area contributed by atoms with E-state index in [1.807, 2.05) is 0 Å². The molecule has 1 aromatic carbocycles. The first kappa shape index (κ1) is 17.4. The number of methoxy groups -OCH3 is 1. The van der Waals surface area contributed by atoms with E-state index in [4.69, 9.17) is 4.74 Å². The summed E-state index contributed by atoms with van der Waals surface area (Å²) in [7, 11) is -2.51. The summed E-state index contributed by atoms with van der Waals surface area (Å²) in [6.07, 6.45) is 1.66. The molecule has 0 unspecified atom stereocenters. The van der Waals surface area contributed by atoms with Gasteiger partial charge in [0.15, 0.2) is 11.6 Å². The summed E-state index contributed by atoms with van der Waals surface area (Å²) in [5, 5.41) is 0. The number of aromatic nitrogens is 1. The Labute approximate surface area is 145 Å². The average molecular weight is 367 g/mol. The van der Waals surface area contributed by atoms with E-state index in [9.17, 15) is 17.6 Å². The van der Waals surface area contributed by atoms with Crippen LogP contribution in [0.15, 0.2) is 41.4 Å². The Kier molecular flexibility index (Phi) is 4.78. The third-order valence-electron chi connectivity index (χ3n) is 4.12. The number of ether oxygens (including phenoxy) is 1. The molecule has 9 heteroatoms. The molecule has 25 heavy (non-hydrogen) atoms. The fourth-order valence-corrected chi connectivity index (χ4v) is 4.16. The van der Waals surface area contributed by atoms with Crippen molar-refractivity contribution in [2.45, 2.75) is 4.90 Å². The van der Waals surface area contributed by atoms with E-state index >= 15 is 0 Å². The van der Waals surface area contributed by atoms with Gasteiger partial charge in [-0.25, -0.2) is 12.8 Å². The molecular formula is C16H18FN3O4S. The van der Waals surface area contributed by atoms with E-state index in [0.717, 1.165) is 6.07 Å². The Hall–Kier alpha value is -2.39. The zero-order valence-electron chi connectivity index (χ0n) is 13.6. The monoisotopic (exact) mass is 367 g/mol. The molecule has 0 bridgehead atoms. The Morgan fingerprint density at radius 2 is 1.92 bits per heavy atom. The van der Waals surface area contributed by atoms with E-state index in [1.165, 1.54) is 23.5 Å². The summed E-state index contributed by atoms with van der Waals surface area (Å²) in [5.41, 5.74) is 0.466. The molecule has 134 valence electrons. The second kappa shape index (κ2) is 6.85. The molecule has 3 rings (SSSR count). The number of H-pyrrole nitrogens is 1. The van der Waals surface area contributed by atoms with Gasteiger partial charge in [0.25, 0.3) is 5.91 Å². The fourth-order valence-electron chi connectivity index (χ4n) is 2.72. The standard InChI is InChI=1S/C16H18FN3O4S/c1-24-15-5-4-12(11-13(15)17)25(22,23)20-9-7-19(8-10-20)16(21)14-3-2-6-18-14/h2-6,11,18H,7-10H2,1H3. The Morgan fingerprint density at radius 3 is 2.48 bits per heavy atom. The van der Waals surface area contributed by atoms with Gasteiger partial charge in [-0.15, -0.1) is 0 Å². The second-order valence-electron chi connectivity index (χ2n) is 5.58. The van der Waals surface area contributed by atoms with Crippen LogP contribution in [0.1, 0.15) is 10.5 Å². The van der Waals surface area contributed by atoms with Crippen LogP contribution < -0.4 is 4.74 Å². The van der Waals surface area contributed by atoms with Gasteiger partial charge in [0.05, 0.1) is 12.0 Å². The van der Waals surface area contributed by atoms with E-state index in [1.54, 1.807) is 23.2 Å². The molecular weight excluding hydrogens is 349 g/mol. The van der Waals surface area contributed by atoms with Gasteiger partial charge in [-0.05, 0) is 30.3 Å². The van der Waals surface area contributed by atoms with Crippen molar-refractivity contribution in [3.63, 3.8) is 0 Å². The second-order valence-corrected chi connectivity index (χ2v) is 7.51. The van der Waals surface area contributed by atoms with E-state index in [0.29, 0.717) is 5.69 Å². The van der Waals surface area contributed by atoms with Crippen molar-refractivity contribution >= 4 is 15.9 Å². The molecule has 1 saturated heterocycles. The maximum atomic E-state index is 13.8. The number of carbonyl (C=O) groups is 1. The first-order valence-electron chi connectivity index (χ1n) is 7.70. The van der Waals surface area contributed by atoms with Crippen LogP contribution in [-0.4, -0.2) is 61.8 Å². The number of carbonyl (C=O) groups excluding carboxylic acids is 1. The van der Waals surface area contributed by atoms with Crippen LogP contribution in [-0.2, 0) is 10.0 Å². The van der Waals surface area contributed by atoms with Crippen LogP contribution in [0.4, 0.5) is 4.39 Å². The van der Waals surface area contributed by atoms with Crippen LogP contribution in [0.25, 0.3) is 0 Å². The minimum absolute atomic E-state index is 0.0136. The molecule has 0 spiro atoms. The topological polar surface area (TPSA) is 82.7 Å². The number of nitrogens with zero attached hydrogens (tertiary/aromatic N) is 2. The predicted octanol–water partition coefficient (Wildman–Crippen LogP) is 1.31. The molecule has 0 atom stereocenters. The first-order chi connectivity index (χ1) is 11.9. The zero-order chi connectivity index (χ0) is 18.0. The summed E-state index contributed by atoms with van der Waals surface area (Å²) in [4.78, 5) is 16.6. The van der Waals surface area contributed by atoms with Crippen LogP contribution >= 0.6 is 0 Å². The molecule has 1 aliphatic heterocycles. The van der Waals surface area contributed by atoms with Crippen LogP contribution in [0.5, 0.6) is 5.75 Å². The van der Waals surface area contributed by atoms with Crippen LogP contribution in [0.3, 0.4) is 0 Å². The van der Waals surface area contributed by atoms with Crippen molar-refractivity contribution < 1.29 is 22.3 Å². The Balaban J connectivity index is 1.71. The van der Waals surface area contributed by atoms with Gasteiger partial charge < -0.3 is 14.6 Å². The minimum atomic E-state index is -3.82. The molecule has 0 saturated carbocycles. The summed E-state index contributed by atoms with van der Waals surface area (Å²) in [5.74, 6) is -0.915. The molecule has 2 heterocycles. The smallest absolute Gasteiger partial charge is 0.270 e. The fraction of sp³-hybridized carbons (Fsp3) is 0.312. The van der Waals surface area contributed by atoms with E-state index in [-0.39, 0.29) is 42.7 Å². The quantitative estimate of drug-likeness (QED) is 0.883. The van der Waals surface area contributed by atoms with E-state index in [2.05, 4.69) is 4.98 Å². The lowest BCUT2D eigenvalue weighted by Crippen LogP contribution is -2.50. The highest BCUT2D eigenvalue weighted by Crippen LogP contribution is 2.24. The molecule has 7 nitrogen and oxygen atoms in total. The van der Waals surface area contributed by atoms with Crippen molar-refractivity contribution in [3.8, 4) is 5.75 Å². The molecule has 1 N–H and O–H groups in total. The van der Waals surface area contributed by atoms with Gasteiger partial charge in [0.2, 0.25) is 10.0 Å². The number of nitrogens with one attached hydrogen (secondary N) is 1. The maximum absolute atomic E-state index is 13.8. The highest BCUT2D eigenvalue weighted by atomic mass is 32.2. The van der Waals surface area contributed by atoms with Crippen molar-refractivity contribution in [2.24, 2.45) is 0 Å². The number of hydrogen-bond donors (Lipinski definition) is 1. The van der Waals surface area contributed by atoms with Crippen molar-refractivity contribution in [1.82, 2.24) is 14.2 Å². The van der Waals surface area contributed by atoms with Gasteiger partial charge in [-0.2, -0.15) is 4.31 Å². The van der Waals surface area contributed by atoms with Crippen LogP contribution in [0, 0.1) is 5.82 Å². The summed E-state index contributed by atoms with van der Waals surface area (Å²) in [6.45, 7) is 0.857. The number of aromatic amines is 1. The van der Waals surface area contributed by atoms with Crippen LogP contribution in [0.2, 0.25) is 0 Å². The molecule has 2 aromatic rings. The lowest BCUT2D eigenvalue weighted by Gasteiger charge is -2.33. The lowest BCUT2D eigenvalue weighted by molar-refractivity contribution is 0.0692. The van der Waals surface area contributed by atoms with Gasteiger partial charge >= 0.3 is 0 Å². The number of hydrogen-bond acceptors (Lipinski definition) is 4. The minimum Gasteiger partial charge on any atom is -0.494 e. The Morgan fingerprint density at radius 1 is 1.20 bits per heavy atom. The molecule has 1 amide bonds. The number of halogens is 1. The van der Waals surface area contributed by atoms with Gasteiger partial charge in [0, 0.05) is 32.4 Å². The summed E-state index contributed by atoms with van der Waals surface area (Å²) < 4.78 is 45.2. The lowest BCUT2D eigenvalue weighted by atomic mass is 10.3. The van der Waals surface area contributed by atoms with Gasteiger partial charge in [-0.1, -0.05) is 0 Å². The normalized spacial score (nSPS) is 16.0. The largest absolute Gasteiger partial charge is 0.494 e. The molecule has 1 fully saturated rings. The number of rotatable bonds is 4. The molecule has 0 aliphatic carbocycles. The number of piperazine rings is 1. The molecule has 0 radical (unpaired) electrons. The predicted molar refractivity (Wildman–Crippen MR) is 88.4 cm³/mol. The van der Waals surface area contributed by atoms with E-state index < -0.39 is 15.8 Å². The van der Waals surface area contributed by atoms with Gasteiger partial charge in [0.1, 0.15) is 5.69 Å². The number of sulfonamides is 1. The van der Waals surface area contributed by atoms with Crippen molar-refractivity contribution in [3.05, 3.63) is 48.0 Å². The number of benzene rings is 1. The summed E-state index contributed by atoms with van der Waals surface area (Å²) in [6, 6.07) is 6.95. The highest BCUT2D eigenvalue weighted by Gasteiger charge is 2.31. The SMILES string of the molecule is COc1ccc(S(=O)(=O)N2CCN(C(=O)c3ccc[nH]3)CC2)cc1F. The number of amides is 1. The maximum Gasteiger partial charge on any atom is 0.270 e. The first-order valence-corrected chi connectivity index (χ1v) is 9.14. The highest BCUT2D eigenvalue weighted by molar-refractivity contribution is 7.89. The zero-order valence-corrected chi connectivity index (χ0v) is 14.4. The summed E-state index contributed by atoms with van der Waals surface area (Å²) >= 11 is 0. The third-order valence-corrected chi connectivity index (χ3v) is 6.01. The van der Waals surface area contributed by atoms with Gasteiger partial charge in [-0.3, -0.25) is 4.79 Å². The van der Waals surface area contributed by atoms with Crippen molar-refractivity contribution in [1.29, 1.82) is 0 Å². The van der Waals surface area contributed by atoms with Crippen molar-refractivity contribution in [2.75, 3.05) is 33.3 Å². The average Bonchev–Trinajstić information content (AvgIpc) is 3.15. The molecule has 1 aliphatic rings. The Bertz CT molecular complexity index is 860.